The van der Waals surface area contributed by atoms with Gasteiger partial charge in [0.15, 0.2) is 11.0 Å². The molecule has 3 aromatic rings. The van der Waals surface area contributed by atoms with Crippen LogP contribution in [0.25, 0.3) is 17.4 Å². The number of amides is 1. The molecule has 4 rings (SSSR count). The van der Waals surface area contributed by atoms with Crippen LogP contribution < -0.4 is 5.32 Å². The van der Waals surface area contributed by atoms with Gasteiger partial charge in [0.2, 0.25) is 0 Å². The van der Waals surface area contributed by atoms with Crippen molar-refractivity contribution in [2.24, 2.45) is 4.99 Å². The van der Waals surface area contributed by atoms with Crippen LogP contribution in [-0.2, 0) is 11.2 Å². The molecule has 0 aliphatic carbocycles. The number of amidine groups is 1. The summed E-state index contributed by atoms with van der Waals surface area (Å²) in [5.41, 5.74) is 3.48. The van der Waals surface area contributed by atoms with Gasteiger partial charge in [-0.1, -0.05) is 37.3 Å². The zero-order valence-corrected chi connectivity index (χ0v) is 17.5. The lowest BCUT2D eigenvalue weighted by Gasteiger charge is -1.99. The van der Waals surface area contributed by atoms with E-state index in [1.807, 2.05) is 42.5 Å². The second kappa shape index (κ2) is 8.55. The van der Waals surface area contributed by atoms with Gasteiger partial charge in [-0.3, -0.25) is 9.59 Å². The number of nitrogens with one attached hydrogen (secondary N) is 1. The SMILES string of the molecule is CCc1ccc(N=C2NC(=O)/C(=C/c3ccc(-c4cccc(C(C)=O)c4)o3)S2)cc1. The molecule has 1 fully saturated rings. The van der Waals surface area contributed by atoms with Gasteiger partial charge in [-0.25, -0.2) is 4.99 Å². The maximum absolute atomic E-state index is 12.3. The van der Waals surface area contributed by atoms with Gasteiger partial charge < -0.3 is 9.73 Å². The summed E-state index contributed by atoms with van der Waals surface area (Å²) in [4.78, 5) is 28.9. The highest BCUT2D eigenvalue weighted by molar-refractivity contribution is 8.18. The van der Waals surface area contributed by atoms with E-state index in [9.17, 15) is 9.59 Å². The standard InChI is InChI=1S/C24H20N2O3S/c1-3-16-7-9-19(10-8-16)25-24-26-23(28)22(30-24)14-20-11-12-21(29-20)18-6-4-5-17(13-18)15(2)27/h4-14H,3H2,1-2H3,(H,25,26,28)/b22-14-. The van der Waals surface area contributed by atoms with Gasteiger partial charge in [0.1, 0.15) is 11.5 Å². The van der Waals surface area contributed by atoms with Crippen LogP contribution in [0.3, 0.4) is 0 Å². The molecule has 6 heteroatoms. The molecular weight excluding hydrogens is 396 g/mol. The van der Waals surface area contributed by atoms with Crippen LogP contribution in [0.15, 0.2) is 75.0 Å². The minimum atomic E-state index is -0.208. The van der Waals surface area contributed by atoms with Crippen LogP contribution in [-0.4, -0.2) is 16.9 Å². The van der Waals surface area contributed by atoms with Crippen molar-refractivity contribution in [2.75, 3.05) is 0 Å². The van der Waals surface area contributed by atoms with E-state index in [2.05, 4.69) is 17.2 Å². The Morgan fingerprint density at radius 3 is 2.67 bits per heavy atom. The lowest BCUT2D eigenvalue weighted by Crippen LogP contribution is -2.19. The Kier molecular flexibility index (Phi) is 5.68. The van der Waals surface area contributed by atoms with Crippen molar-refractivity contribution in [3.63, 3.8) is 0 Å². The quantitative estimate of drug-likeness (QED) is 0.434. The number of benzene rings is 2. The molecule has 30 heavy (non-hydrogen) atoms. The number of aryl methyl sites for hydroxylation is 1. The van der Waals surface area contributed by atoms with Gasteiger partial charge in [-0.05, 0) is 61.0 Å². The Bertz CT molecular complexity index is 1170. The Morgan fingerprint density at radius 1 is 1.13 bits per heavy atom. The molecule has 0 spiro atoms. The molecule has 0 saturated carbocycles. The number of aliphatic imine (C=N–C) groups is 1. The first-order chi connectivity index (χ1) is 14.5. The van der Waals surface area contributed by atoms with Crippen molar-refractivity contribution in [2.45, 2.75) is 20.3 Å². The minimum Gasteiger partial charge on any atom is -0.457 e. The van der Waals surface area contributed by atoms with E-state index in [0.29, 0.717) is 27.2 Å². The third-order valence-corrected chi connectivity index (χ3v) is 5.59. The van der Waals surface area contributed by atoms with Crippen LogP contribution in [0.4, 0.5) is 5.69 Å². The van der Waals surface area contributed by atoms with E-state index in [4.69, 9.17) is 4.42 Å². The number of Topliss-reactive ketones (excluding diaryl/α,β-unsaturated/α-hetero) is 1. The fourth-order valence-electron chi connectivity index (χ4n) is 3.01. The molecule has 0 atom stereocenters. The van der Waals surface area contributed by atoms with Gasteiger partial charge in [0, 0.05) is 17.2 Å². The lowest BCUT2D eigenvalue weighted by atomic mass is 10.1. The summed E-state index contributed by atoms with van der Waals surface area (Å²) in [5.74, 6) is 0.990. The number of nitrogens with zero attached hydrogens (tertiary/aromatic N) is 1. The minimum absolute atomic E-state index is 0.000856. The number of hydrogen-bond acceptors (Lipinski definition) is 5. The largest absolute Gasteiger partial charge is 0.457 e. The fraction of sp³-hybridized carbons (Fsp3) is 0.125. The number of rotatable bonds is 5. The van der Waals surface area contributed by atoms with Gasteiger partial charge in [0.05, 0.1) is 10.6 Å². The Labute approximate surface area is 178 Å². The van der Waals surface area contributed by atoms with Crippen molar-refractivity contribution in [1.82, 2.24) is 5.32 Å². The molecule has 1 saturated heterocycles. The Balaban J connectivity index is 1.52. The second-order valence-corrected chi connectivity index (χ2v) is 7.87. The maximum atomic E-state index is 12.3. The molecule has 1 aliphatic rings. The molecule has 1 amide bonds. The molecule has 0 bridgehead atoms. The van der Waals surface area contributed by atoms with Gasteiger partial charge in [-0.15, -0.1) is 0 Å². The zero-order valence-electron chi connectivity index (χ0n) is 16.6. The van der Waals surface area contributed by atoms with E-state index in [0.717, 1.165) is 17.7 Å². The molecule has 2 heterocycles. The van der Waals surface area contributed by atoms with Gasteiger partial charge >= 0.3 is 0 Å². The Hall–Kier alpha value is -3.38. The molecule has 1 N–H and O–H groups in total. The Morgan fingerprint density at radius 2 is 1.93 bits per heavy atom. The van der Waals surface area contributed by atoms with Crippen LogP contribution in [0, 0.1) is 0 Å². The van der Waals surface area contributed by atoms with Crippen molar-refractivity contribution in [3.8, 4) is 11.3 Å². The average Bonchev–Trinajstić information content (AvgIpc) is 3.35. The summed E-state index contributed by atoms with van der Waals surface area (Å²) in [7, 11) is 0. The summed E-state index contributed by atoms with van der Waals surface area (Å²) in [5, 5.41) is 3.32. The van der Waals surface area contributed by atoms with Crippen LogP contribution >= 0.6 is 11.8 Å². The number of furan rings is 1. The summed E-state index contributed by atoms with van der Waals surface area (Å²) in [6.45, 7) is 3.63. The highest BCUT2D eigenvalue weighted by atomic mass is 32.2. The second-order valence-electron chi connectivity index (χ2n) is 6.84. The predicted molar refractivity (Wildman–Crippen MR) is 121 cm³/mol. The van der Waals surface area contributed by atoms with Crippen molar-refractivity contribution in [3.05, 3.63) is 82.5 Å². The van der Waals surface area contributed by atoms with E-state index in [1.54, 1.807) is 24.3 Å². The third-order valence-electron chi connectivity index (χ3n) is 4.68. The monoisotopic (exact) mass is 416 g/mol. The van der Waals surface area contributed by atoms with E-state index < -0.39 is 0 Å². The first-order valence-electron chi connectivity index (χ1n) is 9.61. The zero-order chi connectivity index (χ0) is 21.1. The number of carbonyl (C=O) groups is 2. The normalized spacial score (nSPS) is 16.3. The molecule has 0 radical (unpaired) electrons. The lowest BCUT2D eigenvalue weighted by molar-refractivity contribution is -0.115. The van der Waals surface area contributed by atoms with E-state index >= 15 is 0 Å². The van der Waals surface area contributed by atoms with E-state index in [1.165, 1.54) is 24.2 Å². The maximum Gasteiger partial charge on any atom is 0.264 e. The first-order valence-corrected chi connectivity index (χ1v) is 10.4. The predicted octanol–water partition coefficient (Wildman–Crippen LogP) is 5.60. The molecule has 2 aromatic carbocycles. The first kappa shape index (κ1) is 19.9. The van der Waals surface area contributed by atoms with Gasteiger partial charge in [0.25, 0.3) is 5.91 Å². The van der Waals surface area contributed by atoms with Crippen molar-refractivity contribution >= 4 is 40.4 Å². The van der Waals surface area contributed by atoms with Crippen LogP contribution in [0.2, 0.25) is 0 Å². The number of carbonyl (C=O) groups excluding carboxylic acids is 2. The summed E-state index contributed by atoms with van der Waals surface area (Å²) >= 11 is 1.28. The molecule has 1 aromatic heterocycles. The van der Waals surface area contributed by atoms with Gasteiger partial charge in [-0.2, -0.15) is 0 Å². The summed E-state index contributed by atoms with van der Waals surface area (Å²) in [6, 6.07) is 18.8. The molecule has 1 aliphatic heterocycles. The molecule has 0 unspecified atom stereocenters. The van der Waals surface area contributed by atoms with E-state index in [-0.39, 0.29) is 11.7 Å². The van der Waals surface area contributed by atoms with Crippen molar-refractivity contribution < 1.29 is 14.0 Å². The molecule has 150 valence electrons. The molecule has 5 nitrogen and oxygen atoms in total. The highest BCUT2D eigenvalue weighted by Crippen LogP contribution is 2.30. The summed E-state index contributed by atoms with van der Waals surface area (Å²) in [6.07, 6.45) is 2.67. The van der Waals surface area contributed by atoms with Crippen molar-refractivity contribution in [1.29, 1.82) is 0 Å². The molecular formula is C24H20N2O3S. The van der Waals surface area contributed by atoms with Crippen LogP contribution in [0.1, 0.15) is 35.5 Å². The topological polar surface area (TPSA) is 71.7 Å². The third kappa shape index (κ3) is 4.44. The highest BCUT2D eigenvalue weighted by Gasteiger charge is 2.24. The number of thioether (sulfide) groups is 1. The summed E-state index contributed by atoms with van der Waals surface area (Å²) < 4.78 is 5.87. The fourth-order valence-corrected chi connectivity index (χ4v) is 3.83. The number of hydrogen-bond donors (Lipinski definition) is 1. The number of ketones is 1. The average molecular weight is 417 g/mol. The van der Waals surface area contributed by atoms with Crippen LogP contribution in [0.5, 0.6) is 0 Å². The smallest absolute Gasteiger partial charge is 0.264 e.